The minimum atomic E-state index is -1.85. The SMILES string of the molecule is C=CCOC(=O)NCCC[C@@H]1NC(=O)[C@H](CCCCC)N(C)C(=O)[C@H](CCCC)N(C)C(=O)[C@H](Cc2csc3ccccc23)NC(=O)[C@H](CCNC(=O)OCC=C)NC(=O)[C@H](Cc2c[nH]c3ccccc23)NC(=O)[C@@H]2C[C@@H](O)CN2C(=O)[C@H](CCC(=O)O)NC(=O)[C@H](Cc2cnc[nH]2)NC(=O)[C@@H]2CCCN2C(=O)[C@H](CCCN)NC(=O)[C@H](C)N(C)C(=O)[C@H](Cc2ccc(O)cc2)NC(=O)CSC[C@@H](C(=O)NCC(N)=O)NC1=O. The molecule has 804 valence electrons. The van der Waals surface area contributed by atoms with Crippen molar-refractivity contribution in [3.8, 4) is 5.75 Å². The molecule has 3 saturated heterocycles. The second kappa shape index (κ2) is 58.7. The molecule has 18 amide bonds. The molecule has 15 atom stereocenters. The highest BCUT2D eigenvalue weighted by Crippen LogP contribution is 2.31. The van der Waals surface area contributed by atoms with E-state index in [1.54, 1.807) is 54.0 Å². The Hall–Kier alpha value is -14.5. The van der Waals surface area contributed by atoms with Gasteiger partial charge in [-0.05, 0) is 129 Å². The third-order valence-corrected chi connectivity index (χ3v) is 27.9. The summed E-state index contributed by atoms with van der Waals surface area (Å²) in [6, 6.07) is -2.49. The van der Waals surface area contributed by atoms with Crippen molar-refractivity contribution in [2.75, 3.05) is 85.1 Å². The van der Waals surface area contributed by atoms with Crippen LogP contribution in [-0.2, 0) is 117 Å². The highest BCUT2D eigenvalue weighted by molar-refractivity contribution is 8.00. The standard InChI is InChI=1S/C100H138N22O24S2/c1-9-13-15-29-77-91(135)111-68(27-21-40-104-99(143)145-43-11-3)87(131)117-76(86(130)107-52-82(102)125)55-147-56-83(126)109-74(45-59-32-34-63(123)35-33-59)94(138)118(6)58(5)85(129)112-70(26-20-39-101)96(140)121-42-22-30-78(121)92(136)115-73(48-62-51-103-57-108-62)90(134)113-71(36-37-84(127)128)97(141)122-53-64(124)49-80(122)93(137)114-72(46-60-50-106-67-25-18-16-23-65(60)67)89(133)110-69(38-41-105-100(144)146-44-12-4)88(132)116-75(47-61-54-148-81-31-19-17-24-66(61)81)95(139)120(8)79(28-14-10-2)98(142)119(77)7/h11-12,16-19,23-25,31-35,50-51,54,57-58,64,68-80,106,123-124H,3-4,9-10,13-15,20-22,26-30,36-49,52-53,55-56,101H2,1-2,5-8H3,(H2,102,125)(H,103,108)(H,104,143)(H,105,144)(H,107,130)(H,109,126)(H,110,133)(H,111,135)(H,112,129)(H,113,134)(H,114,137)(H,115,136)(H,116,132)(H,117,131)(H,127,128)/t58-,64+,68-,69-,70-,71-,72-,73-,74-,75-,76-,77-,78-,79-,80-/m0/s1. The molecule has 3 aliphatic rings. The van der Waals surface area contributed by atoms with Crippen molar-refractivity contribution in [1.29, 1.82) is 0 Å². The van der Waals surface area contributed by atoms with Crippen LogP contribution >= 0.6 is 23.1 Å². The zero-order valence-corrected chi connectivity index (χ0v) is 85.6. The highest BCUT2D eigenvalue weighted by atomic mass is 32.2. The molecule has 0 spiro atoms. The maximum atomic E-state index is 16.1. The third kappa shape index (κ3) is 34.5. The van der Waals surface area contributed by atoms with Gasteiger partial charge >= 0.3 is 18.2 Å². The number of nitrogens with two attached hydrogens (primary N) is 2. The molecule has 0 radical (unpaired) electrons. The number of aliphatic hydroxyl groups excluding tert-OH is 1. The number of carboxylic acids is 1. The number of amides is 18. The molecule has 6 heterocycles. The molecule has 46 nitrogen and oxygen atoms in total. The van der Waals surface area contributed by atoms with E-state index in [1.165, 1.54) is 93.2 Å². The monoisotopic (exact) mass is 2090 g/mol. The Balaban J connectivity index is 1.15. The van der Waals surface area contributed by atoms with Crippen LogP contribution in [-0.4, -0.2) is 343 Å². The van der Waals surface area contributed by atoms with Crippen LogP contribution in [0.1, 0.15) is 152 Å². The van der Waals surface area contributed by atoms with Gasteiger partial charge in [0, 0.05) is 125 Å². The average molecular weight is 2100 g/mol. The third-order valence-electron chi connectivity index (χ3n) is 25.8. The first-order chi connectivity index (χ1) is 70.9. The summed E-state index contributed by atoms with van der Waals surface area (Å²) < 4.78 is 11.1. The van der Waals surface area contributed by atoms with Gasteiger partial charge in [-0.2, -0.15) is 0 Å². The van der Waals surface area contributed by atoms with Gasteiger partial charge in [-0.3, -0.25) is 81.5 Å². The van der Waals surface area contributed by atoms with Crippen LogP contribution in [0.4, 0.5) is 9.59 Å². The average Bonchev–Trinajstić information content (AvgIpc) is 1.54. The van der Waals surface area contributed by atoms with Crippen LogP contribution in [0.3, 0.4) is 0 Å². The number of aromatic amines is 2. The van der Waals surface area contributed by atoms with Gasteiger partial charge in [-0.15, -0.1) is 23.1 Å². The van der Waals surface area contributed by atoms with Gasteiger partial charge in [0.05, 0.1) is 24.7 Å². The van der Waals surface area contributed by atoms with E-state index in [2.05, 4.69) is 91.9 Å². The molecule has 6 aromatic rings. The number of hydrogen-bond acceptors (Lipinski definition) is 27. The number of hydrogen-bond donors (Lipinski definition) is 19. The summed E-state index contributed by atoms with van der Waals surface area (Å²) in [5, 5.41) is 67.1. The van der Waals surface area contributed by atoms with Crippen molar-refractivity contribution in [2.24, 2.45) is 11.5 Å². The fourth-order valence-electron chi connectivity index (χ4n) is 17.6. The number of thiophene rings is 1. The number of aliphatic hydroxyl groups is 1. The lowest BCUT2D eigenvalue weighted by atomic mass is 9.99. The molecule has 3 aliphatic heterocycles. The number of aromatic nitrogens is 3. The number of phenolic OH excluding ortho intramolecular Hbond substituents is 1. The number of likely N-dealkylation sites (N-methyl/N-ethyl adjacent to an activating group) is 3. The van der Waals surface area contributed by atoms with Gasteiger partial charge in [0.1, 0.15) is 104 Å². The number of carbonyl (C=O) groups is 19. The number of alkyl carbamates (subject to hydrolysis) is 2. The second-order valence-electron chi connectivity index (χ2n) is 36.7. The first kappa shape index (κ1) is 117. The maximum absolute atomic E-state index is 16.1. The number of carbonyl (C=O) groups excluding carboxylic acids is 18. The maximum Gasteiger partial charge on any atom is 0.407 e. The smallest absolute Gasteiger partial charge is 0.407 e. The number of imidazole rings is 1. The molecule has 3 fully saturated rings. The molecule has 0 bridgehead atoms. The van der Waals surface area contributed by atoms with E-state index in [9.17, 15) is 48.9 Å². The topological polar surface area (TPSA) is 661 Å². The van der Waals surface area contributed by atoms with Crippen LogP contribution in [0.25, 0.3) is 21.0 Å². The van der Waals surface area contributed by atoms with E-state index in [1.807, 2.05) is 19.9 Å². The normalized spacial score (nSPS) is 23.4. The number of aromatic hydroxyl groups is 1. The fraction of sp³-hybridized carbons (Fsp3) is 0.520. The molecule has 9 rings (SSSR count). The lowest BCUT2D eigenvalue weighted by molar-refractivity contribution is -0.149. The predicted molar refractivity (Wildman–Crippen MR) is 547 cm³/mol. The van der Waals surface area contributed by atoms with Gasteiger partial charge < -0.3 is 135 Å². The minimum Gasteiger partial charge on any atom is -0.508 e. The molecule has 148 heavy (non-hydrogen) atoms. The number of nitrogens with one attached hydrogen (secondary N) is 14. The number of carboxylic acid groups (broad SMARTS) is 1. The lowest BCUT2D eigenvalue weighted by Gasteiger charge is -2.36. The van der Waals surface area contributed by atoms with E-state index >= 15 is 57.5 Å². The largest absolute Gasteiger partial charge is 0.508 e. The first-order valence-corrected chi connectivity index (χ1v) is 51.6. The quantitative estimate of drug-likeness (QED) is 0.0191. The van der Waals surface area contributed by atoms with Crippen LogP contribution in [0.15, 0.2) is 122 Å². The van der Waals surface area contributed by atoms with Crippen molar-refractivity contribution < 1.29 is 116 Å². The van der Waals surface area contributed by atoms with Crippen molar-refractivity contribution in [3.63, 3.8) is 0 Å². The van der Waals surface area contributed by atoms with Crippen LogP contribution in [0.2, 0.25) is 0 Å². The number of H-pyrrole nitrogens is 2. The van der Waals surface area contributed by atoms with Gasteiger partial charge in [0.15, 0.2) is 0 Å². The summed E-state index contributed by atoms with van der Waals surface area (Å²) in [5.41, 5.74) is 13.7. The number of nitrogens with zero attached hydrogens (tertiary/aromatic N) is 6. The summed E-state index contributed by atoms with van der Waals surface area (Å²) in [6.07, 6.45) is 1.78. The number of thioether (sulfide) groups is 1. The van der Waals surface area contributed by atoms with Crippen LogP contribution < -0.4 is 75.3 Å². The number of rotatable bonds is 35. The summed E-state index contributed by atoms with van der Waals surface area (Å²) >= 11 is 2.09. The van der Waals surface area contributed by atoms with Crippen molar-refractivity contribution >= 4 is 157 Å². The summed E-state index contributed by atoms with van der Waals surface area (Å²) in [7, 11) is 3.94. The van der Waals surface area contributed by atoms with Gasteiger partial charge in [0.2, 0.25) is 94.5 Å². The molecule has 3 aromatic heterocycles. The molecule has 21 N–H and O–H groups in total. The number of ether oxygens (including phenoxy) is 2. The molecule has 0 saturated carbocycles. The zero-order chi connectivity index (χ0) is 108. The number of benzene rings is 3. The number of primary amides is 1. The zero-order valence-electron chi connectivity index (χ0n) is 84.0. The Kier molecular flexibility index (Phi) is 46.4. The molecule has 0 aliphatic carbocycles. The van der Waals surface area contributed by atoms with E-state index < -0.39 is 260 Å². The van der Waals surface area contributed by atoms with E-state index in [0.29, 0.717) is 65.1 Å². The van der Waals surface area contributed by atoms with Gasteiger partial charge in [0.25, 0.3) is 0 Å². The second-order valence-corrected chi connectivity index (χ2v) is 38.6. The molecule has 3 aromatic carbocycles. The van der Waals surface area contributed by atoms with Gasteiger partial charge in [-0.1, -0.05) is 120 Å². The van der Waals surface area contributed by atoms with E-state index in [4.69, 9.17) is 20.9 Å². The van der Waals surface area contributed by atoms with Crippen LogP contribution in [0, 0.1) is 0 Å². The Morgan fingerprint density at radius 1 is 0.547 bits per heavy atom. The Labute approximate surface area is 864 Å². The summed E-state index contributed by atoms with van der Waals surface area (Å²) in [4.78, 5) is 296. The fourth-order valence-corrected chi connectivity index (χ4v) is 19.4. The number of aliphatic carboxylic acids is 1. The molecule has 48 heteroatoms. The lowest BCUT2D eigenvalue weighted by Crippen LogP contribution is -2.61. The number of para-hydroxylation sites is 1. The number of phenols is 1. The summed E-state index contributed by atoms with van der Waals surface area (Å²) in [6.45, 7) is 9.82. The van der Waals surface area contributed by atoms with Crippen LogP contribution in [0.5, 0.6) is 5.75 Å². The van der Waals surface area contributed by atoms with Crippen molar-refractivity contribution in [1.82, 2.24) is 103 Å². The first-order valence-electron chi connectivity index (χ1n) is 49.5. The molecular weight excluding hydrogens is 1960 g/mol. The van der Waals surface area contributed by atoms with E-state index in [0.717, 1.165) is 36.1 Å². The predicted octanol–water partition coefficient (Wildman–Crippen LogP) is 0.616. The number of unbranched alkanes of at least 4 members (excludes halogenated alkanes) is 3. The minimum absolute atomic E-state index is 0.00108. The van der Waals surface area contributed by atoms with Crippen molar-refractivity contribution in [3.05, 3.63) is 145 Å². The van der Waals surface area contributed by atoms with Gasteiger partial charge in [-0.25, -0.2) is 14.6 Å². The Morgan fingerprint density at radius 2 is 1.11 bits per heavy atom. The Bertz CT molecular complexity index is 5630. The molecule has 0 unspecified atom stereocenters. The van der Waals surface area contributed by atoms with Crippen molar-refractivity contribution in [2.45, 2.75) is 246 Å². The van der Waals surface area contributed by atoms with E-state index in [-0.39, 0.29) is 121 Å². The number of fused-ring (bicyclic) bond motifs is 4. The summed E-state index contributed by atoms with van der Waals surface area (Å²) in [5.74, 6) is -17.8. The molecular formula is C100H138N22O24S2. The highest BCUT2D eigenvalue weighted by Gasteiger charge is 2.47. The Morgan fingerprint density at radius 3 is 1.78 bits per heavy atom.